The van der Waals surface area contributed by atoms with Crippen molar-refractivity contribution in [1.82, 2.24) is 14.9 Å². The molecule has 1 aliphatic heterocycles. The molecule has 0 atom stereocenters. The highest BCUT2D eigenvalue weighted by Crippen LogP contribution is 2.37. The predicted molar refractivity (Wildman–Crippen MR) is 134 cm³/mol. The Morgan fingerprint density at radius 3 is 2.43 bits per heavy atom. The van der Waals surface area contributed by atoms with Crippen molar-refractivity contribution < 1.29 is 13.2 Å². The molecule has 0 amide bonds. The molecule has 4 rings (SSSR count). The van der Waals surface area contributed by atoms with E-state index in [1.807, 2.05) is 25.3 Å². The minimum absolute atomic E-state index is 0.168. The van der Waals surface area contributed by atoms with Crippen molar-refractivity contribution in [3.05, 3.63) is 84.0 Å². The number of hydrogen-bond donors (Lipinski definition) is 1. The molecule has 1 N–H and O–H groups in total. The van der Waals surface area contributed by atoms with Crippen molar-refractivity contribution in [2.45, 2.75) is 26.4 Å². The van der Waals surface area contributed by atoms with Crippen LogP contribution in [0, 0.1) is 6.92 Å². The van der Waals surface area contributed by atoms with Crippen LogP contribution in [0.15, 0.2) is 67.1 Å². The first-order chi connectivity index (χ1) is 16.7. The smallest absolute Gasteiger partial charge is 0.372 e. The van der Waals surface area contributed by atoms with Crippen LogP contribution in [0.4, 0.5) is 24.7 Å². The van der Waals surface area contributed by atoms with Gasteiger partial charge in [0, 0.05) is 50.3 Å². The number of rotatable bonds is 7. The van der Waals surface area contributed by atoms with E-state index in [2.05, 4.69) is 31.7 Å². The molecule has 0 bridgehead atoms. The lowest BCUT2D eigenvalue weighted by molar-refractivity contribution is -0.137. The van der Waals surface area contributed by atoms with Gasteiger partial charge in [0.05, 0.1) is 17.4 Å². The summed E-state index contributed by atoms with van der Waals surface area (Å²) in [6.45, 7) is 12.0. The number of allylic oxidation sites excluding steroid dienone is 1. The minimum Gasteiger partial charge on any atom is -0.372 e. The number of anilines is 2. The Morgan fingerprint density at radius 1 is 1.03 bits per heavy atom. The zero-order chi connectivity index (χ0) is 25.0. The van der Waals surface area contributed by atoms with Gasteiger partial charge in [-0.2, -0.15) is 13.2 Å². The molecule has 8 heteroatoms. The largest absolute Gasteiger partial charge is 0.417 e. The van der Waals surface area contributed by atoms with E-state index in [0.717, 1.165) is 37.6 Å². The normalized spacial score (nSPS) is 14.2. The number of nitrogens with zero attached hydrogens (tertiary/aromatic N) is 4. The number of benzene rings is 1. The molecular formula is C27H30F3N5. The quantitative estimate of drug-likeness (QED) is 0.463. The molecule has 3 aromatic rings. The number of halogens is 3. The molecule has 0 saturated carbocycles. The summed E-state index contributed by atoms with van der Waals surface area (Å²) in [4.78, 5) is 13.1. The fraction of sp³-hybridized carbons (Fsp3) is 0.333. The number of hydrogen-bond acceptors (Lipinski definition) is 5. The molecule has 1 aliphatic rings. The monoisotopic (exact) mass is 481 g/mol. The highest BCUT2D eigenvalue weighted by Gasteiger charge is 2.34. The number of alkyl halides is 3. The van der Waals surface area contributed by atoms with Crippen molar-refractivity contribution in [2.24, 2.45) is 0 Å². The van der Waals surface area contributed by atoms with Crippen molar-refractivity contribution in [3.8, 4) is 11.1 Å². The van der Waals surface area contributed by atoms with Gasteiger partial charge in [0.25, 0.3) is 0 Å². The summed E-state index contributed by atoms with van der Waals surface area (Å²) in [5.74, 6) is 0.703. The van der Waals surface area contributed by atoms with Crippen LogP contribution in [-0.2, 0) is 12.6 Å². The van der Waals surface area contributed by atoms with Crippen LogP contribution in [-0.4, -0.2) is 47.6 Å². The molecule has 2 aromatic heterocycles. The van der Waals surface area contributed by atoms with Gasteiger partial charge in [-0.1, -0.05) is 18.7 Å². The van der Waals surface area contributed by atoms with E-state index in [-0.39, 0.29) is 5.56 Å². The van der Waals surface area contributed by atoms with Crippen LogP contribution in [0.1, 0.15) is 23.7 Å². The van der Waals surface area contributed by atoms with Crippen LogP contribution < -0.4 is 10.2 Å². The lowest BCUT2D eigenvalue weighted by Gasteiger charge is -2.37. The van der Waals surface area contributed by atoms with E-state index < -0.39 is 11.7 Å². The Bertz CT molecular complexity index is 1170. The lowest BCUT2D eigenvalue weighted by atomic mass is 9.96. The second-order valence-corrected chi connectivity index (χ2v) is 8.85. The Hall–Kier alpha value is -3.55. The standard InChI is InChI=1S/C27H30F3N5/c1-19(2)34-12-14-35(15-13-34)23-5-7-26(33-18-23)32-10-8-21-4-6-24(25(17-21)27(28,29)30)22-9-11-31-20(3)16-22/h4-7,9,11,16-18H,1,8,10,12-15H2,2-3H3,(H,32,33). The van der Waals surface area contributed by atoms with E-state index in [1.54, 1.807) is 31.2 Å². The lowest BCUT2D eigenvalue weighted by Crippen LogP contribution is -2.45. The first-order valence-corrected chi connectivity index (χ1v) is 11.7. The Morgan fingerprint density at radius 2 is 1.80 bits per heavy atom. The predicted octanol–water partition coefficient (Wildman–Crippen LogP) is 5.78. The van der Waals surface area contributed by atoms with Crippen molar-refractivity contribution in [2.75, 3.05) is 42.9 Å². The van der Waals surface area contributed by atoms with Gasteiger partial charge in [0.2, 0.25) is 0 Å². The van der Waals surface area contributed by atoms with Crippen molar-refractivity contribution in [3.63, 3.8) is 0 Å². The SMILES string of the molecule is C=C(C)N1CCN(c2ccc(NCCc3ccc(-c4ccnc(C)c4)c(C(F)(F)F)c3)nc2)CC1. The number of pyridine rings is 2. The van der Waals surface area contributed by atoms with Gasteiger partial charge in [0.1, 0.15) is 5.82 Å². The summed E-state index contributed by atoms with van der Waals surface area (Å²) in [7, 11) is 0. The second kappa shape index (κ2) is 10.4. The third-order valence-corrected chi connectivity index (χ3v) is 6.25. The molecule has 1 aromatic carbocycles. The van der Waals surface area contributed by atoms with Crippen molar-refractivity contribution in [1.29, 1.82) is 0 Å². The Labute approximate surface area is 204 Å². The third-order valence-electron chi connectivity index (χ3n) is 6.25. The summed E-state index contributed by atoms with van der Waals surface area (Å²) in [5.41, 5.74) is 3.50. The van der Waals surface area contributed by atoms with E-state index in [4.69, 9.17) is 0 Å². The van der Waals surface area contributed by atoms with Gasteiger partial charge < -0.3 is 15.1 Å². The average molecular weight is 482 g/mol. The maximum Gasteiger partial charge on any atom is 0.417 e. The summed E-state index contributed by atoms with van der Waals surface area (Å²) >= 11 is 0. The molecule has 1 saturated heterocycles. The van der Waals surface area contributed by atoms with Crippen molar-refractivity contribution >= 4 is 11.5 Å². The first kappa shape index (κ1) is 24.6. The summed E-state index contributed by atoms with van der Waals surface area (Å²) < 4.78 is 41.4. The molecule has 35 heavy (non-hydrogen) atoms. The number of piperazine rings is 1. The molecule has 1 fully saturated rings. The molecule has 0 spiro atoms. The van der Waals surface area contributed by atoms with Gasteiger partial charge >= 0.3 is 6.18 Å². The van der Waals surface area contributed by atoms with Gasteiger partial charge in [-0.15, -0.1) is 0 Å². The number of aryl methyl sites for hydroxylation is 1. The Kier molecular flexibility index (Phi) is 7.28. The van der Waals surface area contributed by atoms with Crippen LogP contribution in [0.5, 0.6) is 0 Å². The zero-order valence-electron chi connectivity index (χ0n) is 20.1. The van der Waals surface area contributed by atoms with Crippen LogP contribution >= 0.6 is 0 Å². The minimum atomic E-state index is -4.44. The molecule has 5 nitrogen and oxygen atoms in total. The third kappa shape index (κ3) is 6.12. The second-order valence-electron chi connectivity index (χ2n) is 8.85. The molecule has 0 radical (unpaired) electrons. The molecule has 184 valence electrons. The summed E-state index contributed by atoms with van der Waals surface area (Å²) in [6.07, 6.45) is -0.622. The maximum absolute atomic E-state index is 13.8. The zero-order valence-corrected chi connectivity index (χ0v) is 20.1. The fourth-order valence-electron chi connectivity index (χ4n) is 4.31. The Balaban J connectivity index is 1.37. The topological polar surface area (TPSA) is 44.3 Å². The van der Waals surface area contributed by atoms with Crippen LogP contribution in [0.3, 0.4) is 0 Å². The van der Waals surface area contributed by atoms with E-state index in [0.29, 0.717) is 35.6 Å². The molecule has 0 unspecified atom stereocenters. The van der Waals surface area contributed by atoms with E-state index >= 15 is 0 Å². The van der Waals surface area contributed by atoms with E-state index in [9.17, 15) is 13.2 Å². The maximum atomic E-state index is 13.8. The fourth-order valence-corrected chi connectivity index (χ4v) is 4.31. The van der Waals surface area contributed by atoms with Crippen LogP contribution in [0.25, 0.3) is 11.1 Å². The average Bonchev–Trinajstić information content (AvgIpc) is 2.84. The van der Waals surface area contributed by atoms with Gasteiger partial charge in [-0.25, -0.2) is 4.98 Å². The highest BCUT2D eigenvalue weighted by molar-refractivity contribution is 5.68. The van der Waals surface area contributed by atoms with Gasteiger partial charge in [0.15, 0.2) is 0 Å². The van der Waals surface area contributed by atoms with Gasteiger partial charge in [-0.05, 0) is 67.3 Å². The first-order valence-electron chi connectivity index (χ1n) is 11.7. The number of nitrogens with one attached hydrogen (secondary N) is 1. The van der Waals surface area contributed by atoms with Crippen LogP contribution in [0.2, 0.25) is 0 Å². The molecular weight excluding hydrogens is 451 g/mol. The summed E-state index contributed by atoms with van der Waals surface area (Å²) in [5, 5.41) is 3.22. The number of aromatic nitrogens is 2. The van der Waals surface area contributed by atoms with Gasteiger partial charge in [-0.3, -0.25) is 4.98 Å². The van der Waals surface area contributed by atoms with E-state index in [1.165, 1.54) is 12.3 Å². The molecule has 3 heterocycles. The highest BCUT2D eigenvalue weighted by atomic mass is 19.4. The summed E-state index contributed by atoms with van der Waals surface area (Å²) in [6, 6.07) is 11.8. The molecule has 0 aliphatic carbocycles.